The second-order valence-electron chi connectivity index (χ2n) is 10.3. The molecule has 0 spiro atoms. The molecule has 1 aromatic heterocycles. The molecule has 6 heteroatoms. The van der Waals surface area contributed by atoms with Crippen molar-refractivity contribution in [2.24, 2.45) is 0 Å². The second-order valence-corrected chi connectivity index (χ2v) is 11.6. The maximum atomic E-state index is 15.3. The van der Waals surface area contributed by atoms with Gasteiger partial charge in [-0.1, -0.05) is 41.4 Å². The summed E-state index contributed by atoms with van der Waals surface area (Å²) in [5.41, 5.74) is 8.85. The van der Waals surface area contributed by atoms with Gasteiger partial charge < -0.3 is 14.4 Å². The van der Waals surface area contributed by atoms with E-state index in [1.807, 2.05) is 12.1 Å². The molecule has 1 saturated heterocycles. The molecule has 2 heterocycles. The van der Waals surface area contributed by atoms with E-state index in [0.29, 0.717) is 5.02 Å². The van der Waals surface area contributed by atoms with Gasteiger partial charge in [-0.3, -0.25) is 0 Å². The SMILES string of the molecule is CSc1c(-c2cc(F)cc(N3CCN(c4ccc(C)cc4)CC3)c2)c(-c2ccc(Cl)cc2)n(C(C)C)c1C. The van der Waals surface area contributed by atoms with Crippen LogP contribution in [0.5, 0.6) is 0 Å². The molecule has 198 valence electrons. The van der Waals surface area contributed by atoms with Crippen molar-refractivity contribution >= 4 is 34.7 Å². The van der Waals surface area contributed by atoms with Crippen LogP contribution < -0.4 is 9.80 Å². The van der Waals surface area contributed by atoms with Gasteiger partial charge in [-0.2, -0.15) is 0 Å². The summed E-state index contributed by atoms with van der Waals surface area (Å²) in [6, 6.07) is 22.5. The predicted molar refractivity (Wildman–Crippen MR) is 163 cm³/mol. The van der Waals surface area contributed by atoms with Crippen LogP contribution >= 0.6 is 23.4 Å². The van der Waals surface area contributed by atoms with Crippen molar-refractivity contribution in [2.75, 3.05) is 42.2 Å². The lowest BCUT2D eigenvalue weighted by molar-refractivity contribution is 0.591. The predicted octanol–water partition coefficient (Wildman–Crippen LogP) is 8.86. The first-order valence-corrected chi connectivity index (χ1v) is 14.8. The largest absolute Gasteiger partial charge is 0.368 e. The summed E-state index contributed by atoms with van der Waals surface area (Å²) >= 11 is 7.96. The normalized spacial score (nSPS) is 14.0. The Morgan fingerprint density at radius 1 is 0.789 bits per heavy atom. The molecule has 1 aliphatic rings. The minimum absolute atomic E-state index is 0.206. The Morgan fingerprint density at radius 3 is 1.97 bits per heavy atom. The summed E-state index contributed by atoms with van der Waals surface area (Å²) in [7, 11) is 0. The third kappa shape index (κ3) is 5.19. The van der Waals surface area contributed by atoms with Crippen LogP contribution in [-0.4, -0.2) is 37.0 Å². The molecule has 0 saturated carbocycles. The number of thioether (sulfide) groups is 1. The van der Waals surface area contributed by atoms with Gasteiger partial charge in [0.1, 0.15) is 5.82 Å². The van der Waals surface area contributed by atoms with Crippen LogP contribution in [0.25, 0.3) is 22.4 Å². The van der Waals surface area contributed by atoms with E-state index in [9.17, 15) is 0 Å². The van der Waals surface area contributed by atoms with E-state index in [4.69, 9.17) is 11.6 Å². The Balaban J connectivity index is 1.54. The summed E-state index contributed by atoms with van der Waals surface area (Å²) in [6.07, 6.45) is 2.10. The van der Waals surface area contributed by atoms with Crippen molar-refractivity contribution in [1.82, 2.24) is 4.57 Å². The zero-order chi connectivity index (χ0) is 27.0. The first-order valence-electron chi connectivity index (χ1n) is 13.2. The van der Waals surface area contributed by atoms with E-state index in [0.717, 1.165) is 54.3 Å². The minimum atomic E-state index is -0.206. The zero-order valence-electron chi connectivity index (χ0n) is 22.8. The van der Waals surface area contributed by atoms with E-state index in [1.165, 1.54) is 21.8 Å². The molecule has 1 aliphatic heterocycles. The third-order valence-electron chi connectivity index (χ3n) is 7.45. The summed E-state index contributed by atoms with van der Waals surface area (Å²) < 4.78 is 17.6. The fourth-order valence-electron chi connectivity index (χ4n) is 5.62. The highest BCUT2D eigenvalue weighted by Gasteiger charge is 2.26. The van der Waals surface area contributed by atoms with Crippen LogP contribution in [-0.2, 0) is 0 Å². The molecule has 0 amide bonds. The molecule has 1 fully saturated rings. The average Bonchev–Trinajstić information content (AvgIpc) is 3.21. The highest BCUT2D eigenvalue weighted by molar-refractivity contribution is 7.98. The van der Waals surface area contributed by atoms with Crippen molar-refractivity contribution in [3.63, 3.8) is 0 Å². The van der Waals surface area contributed by atoms with Crippen molar-refractivity contribution in [2.45, 2.75) is 38.6 Å². The molecule has 3 nitrogen and oxygen atoms in total. The third-order valence-corrected chi connectivity index (χ3v) is 8.61. The van der Waals surface area contributed by atoms with Crippen molar-refractivity contribution in [3.05, 3.63) is 88.8 Å². The van der Waals surface area contributed by atoms with Crippen LogP contribution in [0.3, 0.4) is 0 Å². The molecule has 0 N–H and O–H groups in total. The number of nitrogens with zero attached hydrogens (tertiary/aromatic N) is 3. The number of anilines is 2. The first-order chi connectivity index (χ1) is 18.3. The summed E-state index contributed by atoms with van der Waals surface area (Å²) in [4.78, 5) is 5.90. The first kappa shape index (κ1) is 26.7. The standard InChI is InChI=1S/C32H35ClFN3S/c1-21(2)37-23(4)32(38-5)30(31(37)24-8-10-26(33)11-9-24)25-18-27(34)20-29(19-25)36-16-14-35(15-17-36)28-12-6-22(3)7-13-28/h6-13,18-21H,14-17H2,1-5H3. The van der Waals surface area contributed by atoms with E-state index in [-0.39, 0.29) is 11.9 Å². The van der Waals surface area contributed by atoms with Gasteiger partial charge in [0.25, 0.3) is 0 Å². The Hall–Kier alpha value is -2.89. The fraction of sp³-hybridized carbons (Fsp3) is 0.312. The van der Waals surface area contributed by atoms with Crippen LogP contribution in [0, 0.1) is 19.7 Å². The van der Waals surface area contributed by atoms with Gasteiger partial charge in [-0.05, 0) is 87.5 Å². The molecule has 5 rings (SSSR count). The zero-order valence-corrected chi connectivity index (χ0v) is 24.3. The summed E-state index contributed by atoms with van der Waals surface area (Å²) in [5, 5.41) is 0.706. The molecule has 38 heavy (non-hydrogen) atoms. The van der Waals surface area contributed by atoms with Crippen LogP contribution in [0.15, 0.2) is 71.6 Å². The number of aryl methyl sites for hydroxylation is 1. The molecular weight excluding hydrogens is 513 g/mol. The highest BCUT2D eigenvalue weighted by atomic mass is 35.5. The number of benzene rings is 3. The Labute approximate surface area is 235 Å². The molecule has 0 atom stereocenters. The molecule has 0 radical (unpaired) electrons. The average molecular weight is 548 g/mol. The molecular formula is C32H35ClFN3S. The summed E-state index contributed by atoms with van der Waals surface area (Å²) in [5.74, 6) is -0.206. The lowest BCUT2D eigenvalue weighted by Gasteiger charge is -2.37. The van der Waals surface area contributed by atoms with Crippen LogP contribution in [0.4, 0.5) is 15.8 Å². The van der Waals surface area contributed by atoms with Gasteiger partial charge in [0.05, 0.1) is 5.69 Å². The second kappa shape index (κ2) is 11.1. The number of aromatic nitrogens is 1. The van der Waals surface area contributed by atoms with Gasteiger partial charge in [0, 0.05) is 64.8 Å². The Kier molecular flexibility index (Phi) is 7.78. The van der Waals surface area contributed by atoms with E-state index < -0.39 is 0 Å². The minimum Gasteiger partial charge on any atom is -0.368 e. The molecule has 0 aliphatic carbocycles. The molecule has 4 aromatic rings. The van der Waals surface area contributed by atoms with E-state index in [2.05, 4.69) is 90.8 Å². The van der Waals surface area contributed by atoms with Gasteiger partial charge in [0.2, 0.25) is 0 Å². The number of hydrogen-bond acceptors (Lipinski definition) is 3. The van der Waals surface area contributed by atoms with Crippen LogP contribution in [0.2, 0.25) is 5.02 Å². The fourth-order valence-corrected chi connectivity index (χ4v) is 6.56. The van der Waals surface area contributed by atoms with Crippen molar-refractivity contribution < 1.29 is 4.39 Å². The quantitative estimate of drug-likeness (QED) is 0.223. The van der Waals surface area contributed by atoms with Gasteiger partial charge >= 0.3 is 0 Å². The topological polar surface area (TPSA) is 11.4 Å². The molecule has 3 aromatic carbocycles. The molecule has 0 unspecified atom stereocenters. The number of hydrogen-bond donors (Lipinski definition) is 0. The highest BCUT2D eigenvalue weighted by Crippen LogP contribution is 2.46. The maximum absolute atomic E-state index is 15.3. The van der Waals surface area contributed by atoms with Crippen molar-refractivity contribution in [1.29, 1.82) is 0 Å². The van der Waals surface area contributed by atoms with Gasteiger partial charge in [-0.15, -0.1) is 11.8 Å². The summed E-state index contributed by atoms with van der Waals surface area (Å²) in [6.45, 7) is 12.2. The lowest BCUT2D eigenvalue weighted by Crippen LogP contribution is -2.46. The van der Waals surface area contributed by atoms with Crippen molar-refractivity contribution in [3.8, 4) is 22.4 Å². The van der Waals surface area contributed by atoms with E-state index in [1.54, 1.807) is 23.9 Å². The van der Waals surface area contributed by atoms with E-state index >= 15 is 4.39 Å². The van der Waals surface area contributed by atoms with Gasteiger partial charge in [0.15, 0.2) is 0 Å². The van der Waals surface area contributed by atoms with Crippen LogP contribution in [0.1, 0.15) is 31.1 Å². The monoisotopic (exact) mass is 547 g/mol. The Bertz CT molecular complexity index is 1420. The smallest absolute Gasteiger partial charge is 0.125 e. The van der Waals surface area contributed by atoms with Gasteiger partial charge in [-0.25, -0.2) is 4.39 Å². The maximum Gasteiger partial charge on any atom is 0.125 e. The number of halogens is 2. The molecule has 0 bridgehead atoms. The number of piperazine rings is 1. The lowest BCUT2D eigenvalue weighted by atomic mass is 9.99. The Morgan fingerprint density at radius 2 is 1.39 bits per heavy atom. The number of rotatable bonds is 6.